The van der Waals surface area contributed by atoms with E-state index in [0.717, 1.165) is 11.1 Å². The Morgan fingerprint density at radius 2 is 2.00 bits per heavy atom. The molecule has 0 bridgehead atoms. The molecule has 0 heterocycles. The molecule has 0 unspecified atom stereocenters. The van der Waals surface area contributed by atoms with E-state index in [1.807, 2.05) is 6.92 Å². The summed E-state index contributed by atoms with van der Waals surface area (Å²) in [6, 6.07) is 6.10. The van der Waals surface area contributed by atoms with E-state index in [1.54, 1.807) is 24.2 Å². The fourth-order valence-electron chi connectivity index (χ4n) is 1.36. The molecule has 0 radical (unpaired) electrons. The van der Waals surface area contributed by atoms with Crippen molar-refractivity contribution >= 4 is 5.71 Å². The first-order valence-electron chi connectivity index (χ1n) is 5.37. The molecule has 92 valence electrons. The lowest BCUT2D eigenvalue weighted by Gasteiger charge is -2.14. The van der Waals surface area contributed by atoms with Gasteiger partial charge in [-0.25, -0.2) is 4.39 Å². The van der Waals surface area contributed by atoms with Gasteiger partial charge in [-0.3, -0.25) is 5.01 Å². The number of allylic oxidation sites excluding steroid dienone is 1. The van der Waals surface area contributed by atoms with Crippen LogP contribution in [0.15, 0.2) is 41.5 Å². The molecule has 1 rings (SSSR count). The molecule has 1 aromatic carbocycles. The third-order valence-electron chi connectivity index (χ3n) is 2.22. The van der Waals surface area contributed by atoms with E-state index < -0.39 is 0 Å². The fraction of sp³-hybridized carbons (Fsp3) is 0.308. The van der Waals surface area contributed by atoms with Gasteiger partial charge in [0.15, 0.2) is 0 Å². The summed E-state index contributed by atoms with van der Waals surface area (Å²) < 4.78 is 12.8. The summed E-state index contributed by atoms with van der Waals surface area (Å²) in [5.41, 5.74) is 2.30. The van der Waals surface area contributed by atoms with Gasteiger partial charge in [0.05, 0.1) is 18.9 Å². The summed E-state index contributed by atoms with van der Waals surface area (Å²) in [5.74, 6) is -0.279. The molecule has 3 nitrogen and oxygen atoms in total. The van der Waals surface area contributed by atoms with Crippen LogP contribution >= 0.6 is 0 Å². The molecule has 0 saturated carbocycles. The molecule has 0 aromatic heterocycles. The molecule has 0 aliphatic heterocycles. The van der Waals surface area contributed by atoms with Crippen LogP contribution in [0, 0.1) is 5.82 Å². The Kier molecular flexibility index (Phi) is 4.84. The number of halogens is 1. The van der Waals surface area contributed by atoms with Crippen LogP contribution in [0.2, 0.25) is 0 Å². The second-order valence-corrected chi connectivity index (χ2v) is 3.84. The van der Waals surface area contributed by atoms with Gasteiger partial charge in [0.1, 0.15) is 5.82 Å². The summed E-state index contributed by atoms with van der Waals surface area (Å²) in [5, 5.41) is 14.8. The maximum atomic E-state index is 12.8. The number of aliphatic hydroxyl groups excluding tert-OH is 1. The van der Waals surface area contributed by atoms with Gasteiger partial charge >= 0.3 is 0 Å². The van der Waals surface area contributed by atoms with E-state index >= 15 is 0 Å². The number of rotatable bonds is 5. The highest BCUT2D eigenvalue weighted by molar-refractivity contribution is 6.11. The van der Waals surface area contributed by atoms with Gasteiger partial charge in [-0.1, -0.05) is 6.58 Å². The van der Waals surface area contributed by atoms with Crippen LogP contribution in [0.4, 0.5) is 4.39 Å². The first kappa shape index (κ1) is 13.4. The fourth-order valence-corrected chi connectivity index (χ4v) is 1.36. The molecule has 0 aliphatic carbocycles. The Morgan fingerprint density at radius 1 is 1.41 bits per heavy atom. The van der Waals surface area contributed by atoms with Crippen molar-refractivity contribution < 1.29 is 9.50 Å². The summed E-state index contributed by atoms with van der Waals surface area (Å²) in [6.45, 7) is 6.17. The van der Waals surface area contributed by atoms with Crippen molar-refractivity contribution in [3.63, 3.8) is 0 Å². The van der Waals surface area contributed by atoms with Gasteiger partial charge in [-0.15, -0.1) is 0 Å². The quantitative estimate of drug-likeness (QED) is 0.627. The van der Waals surface area contributed by atoms with Crippen molar-refractivity contribution in [1.29, 1.82) is 0 Å². The zero-order chi connectivity index (χ0) is 12.8. The van der Waals surface area contributed by atoms with Crippen LogP contribution in [-0.2, 0) is 0 Å². The highest BCUT2D eigenvalue weighted by Crippen LogP contribution is 2.10. The van der Waals surface area contributed by atoms with E-state index in [0.29, 0.717) is 12.3 Å². The lowest BCUT2D eigenvalue weighted by molar-refractivity contribution is 0.227. The van der Waals surface area contributed by atoms with E-state index in [1.165, 1.54) is 12.1 Å². The minimum Gasteiger partial charge on any atom is -0.394 e. The predicted molar refractivity (Wildman–Crippen MR) is 67.5 cm³/mol. The Hall–Kier alpha value is -1.68. The minimum atomic E-state index is -0.279. The van der Waals surface area contributed by atoms with Gasteiger partial charge in [-0.05, 0) is 36.8 Å². The summed E-state index contributed by atoms with van der Waals surface area (Å²) in [4.78, 5) is 0. The Balaban J connectivity index is 3.01. The molecule has 17 heavy (non-hydrogen) atoms. The van der Waals surface area contributed by atoms with Crippen molar-refractivity contribution in [2.45, 2.75) is 6.92 Å². The van der Waals surface area contributed by atoms with Crippen LogP contribution in [0.25, 0.3) is 0 Å². The average Bonchev–Trinajstić information content (AvgIpc) is 2.27. The lowest BCUT2D eigenvalue weighted by Crippen LogP contribution is -2.19. The van der Waals surface area contributed by atoms with Gasteiger partial charge in [-0.2, -0.15) is 5.10 Å². The van der Waals surface area contributed by atoms with Gasteiger partial charge in [0.25, 0.3) is 0 Å². The molecule has 0 fully saturated rings. The Morgan fingerprint density at radius 3 is 2.47 bits per heavy atom. The zero-order valence-corrected chi connectivity index (χ0v) is 10.2. The first-order chi connectivity index (χ1) is 8.04. The van der Waals surface area contributed by atoms with Crippen LogP contribution in [-0.4, -0.2) is 36.0 Å². The smallest absolute Gasteiger partial charge is 0.123 e. The molecular formula is C13H17FN2O. The average molecular weight is 236 g/mol. The van der Waals surface area contributed by atoms with Crippen LogP contribution < -0.4 is 0 Å². The normalized spacial score (nSPS) is 11.4. The van der Waals surface area contributed by atoms with E-state index in [4.69, 9.17) is 5.11 Å². The number of hydrazone groups is 1. The van der Waals surface area contributed by atoms with Crippen LogP contribution in [0.1, 0.15) is 12.5 Å². The second kappa shape index (κ2) is 6.15. The molecule has 0 atom stereocenters. The van der Waals surface area contributed by atoms with Crippen molar-refractivity contribution in [2.75, 3.05) is 20.2 Å². The van der Waals surface area contributed by atoms with Crippen LogP contribution in [0.3, 0.4) is 0 Å². The summed E-state index contributed by atoms with van der Waals surface area (Å²) in [7, 11) is 1.77. The number of benzene rings is 1. The van der Waals surface area contributed by atoms with Gasteiger partial charge in [0, 0.05) is 12.6 Å². The second-order valence-electron chi connectivity index (χ2n) is 3.84. The maximum absolute atomic E-state index is 12.8. The number of likely N-dealkylation sites (N-methyl/N-ethyl adjacent to an activating group) is 1. The molecular weight excluding hydrogens is 219 g/mol. The molecule has 1 N–H and O–H groups in total. The van der Waals surface area contributed by atoms with Gasteiger partial charge in [0.2, 0.25) is 0 Å². The van der Waals surface area contributed by atoms with Crippen molar-refractivity contribution in [3.8, 4) is 0 Å². The lowest BCUT2D eigenvalue weighted by atomic mass is 10.1. The monoisotopic (exact) mass is 236 g/mol. The highest BCUT2D eigenvalue weighted by Gasteiger charge is 2.06. The third-order valence-corrected chi connectivity index (χ3v) is 2.22. The van der Waals surface area contributed by atoms with Crippen LogP contribution in [0.5, 0.6) is 0 Å². The largest absolute Gasteiger partial charge is 0.394 e. The molecule has 0 aliphatic rings. The topological polar surface area (TPSA) is 35.8 Å². The Labute approximate surface area is 101 Å². The van der Waals surface area contributed by atoms with E-state index in [2.05, 4.69) is 11.7 Å². The third kappa shape index (κ3) is 4.00. The number of nitrogens with zero attached hydrogens (tertiary/aromatic N) is 2. The van der Waals surface area contributed by atoms with Crippen molar-refractivity contribution in [2.24, 2.45) is 5.10 Å². The summed E-state index contributed by atoms with van der Waals surface area (Å²) in [6.07, 6.45) is 0. The number of hydrogen-bond acceptors (Lipinski definition) is 3. The number of aliphatic hydroxyl groups is 1. The summed E-state index contributed by atoms with van der Waals surface area (Å²) >= 11 is 0. The highest BCUT2D eigenvalue weighted by atomic mass is 19.1. The number of hydrogen-bond donors (Lipinski definition) is 1. The van der Waals surface area contributed by atoms with E-state index in [-0.39, 0.29) is 12.4 Å². The molecule has 4 heteroatoms. The first-order valence-corrected chi connectivity index (χ1v) is 5.37. The Bertz CT molecular complexity index is 412. The maximum Gasteiger partial charge on any atom is 0.123 e. The molecule has 0 saturated heterocycles. The zero-order valence-electron chi connectivity index (χ0n) is 10.2. The van der Waals surface area contributed by atoms with E-state index in [9.17, 15) is 4.39 Å². The molecule has 1 aromatic rings. The molecule has 0 amide bonds. The predicted octanol–water partition coefficient (Wildman–Crippen LogP) is 2.03. The van der Waals surface area contributed by atoms with Crippen molar-refractivity contribution in [3.05, 3.63) is 47.8 Å². The minimum absolute atomic E-state index is 0.0346. The molecule has 0 spiro atoms. The van der Waals surface area contributed by atoms with Crippen molar-refractivity contribution in [1.82, 2.24) is 5.01 Å². The standard InChI is InChI=1S/C13H17FN2O/c1-10(2)13(15-16(3)8-9-17)11-4-6-12(14)7-5-11/h4-7,17H,1,8-9H2,2-3H3/b15-13+. The van der Waals surface area contributed by atoms with Gasteiger partial charge < -0.3 is 5.11 Å². The SMILES string of the molecule is C=C(C)/C(=N\N(C)CCO)c1ccc(F)cc1.